The molecule has 2 aromatic carbocycles. The predicted octanol–water partition coefficient (Wildman–Crippen LogP) is 6.36. The molecule has 6 aromatic heterocycles. The first-order chi connectivity index (χ1) is 51.0. The molecule has 8 aromatic rings. The van der Waals surface area contributed by atoms with E-state index in [1.807, 2.05) is 79.3 Å². The minimum absolute atomic E-state index is 0. The van der Waals surface area contributed by atoms with Gasteiger partial charge in [-0.05, 0) is 81.8 Å². The van der Waals surface area contributed by atoms with Crippen LogP contribution in [0.1, 0.15) is 89.3 Å². The number of amides is 6. The van der Waals surface area contributed by atoms with E-state index >= 15 is 0 Å². The molecule has 0 bridgehead atoms. The molecule has 7 N–H and O–H groups in total. The number of hydrogen-bond acceptors (Lipinski definition) is 17. The number of nitrogens with zero attached hydrogens (tertiary/aromatic N) is 9. The molecular weight excluding hydrogens is 1650 g/mol. The molecule has 3 saturated heterocycles. The van der Waals surface area contributed by atoms with E-state index < -0.39 is 33.3 Å². The molecule has 3 aliphatic heterocycles. The second-order valence-electron chi connectivity index (χ2n) is 27.0. The van der Waals surface area contributed by atoms with Gasteiger partial charge in [-0.25, -0.2) is 9.59 Å². The van der Waals surface area contributed by atoms with Crippen LogP contribution >= 0.6 is 0 Å². The van der Waals surface area contributed by atoms with Crippen molar-refractivity contribution in [2.45, 2.75) is 38.8 Å². The minimum Gasteiger partial charge on any atom is -0.477 e. The van der Waals surface area contributed by atoms with E-state index in [0.717, 1.165) is 140 Å². The summed E-state index contributed by atoms with van der Waals surface area (Å²) in [5.41, 5.74) is -0.867. The summed E-state index contributed by atoms with van der Waals surface area (Å²) >= 11 is 0. The first-order valence-electron chi connectivity index (χ1n) is 34.6. The number of nitrogens with one attached hydrogen (secondary N) is 6. The average molecular weight is 1750 g/mol. The summed E-state index contributed by atoms with van der Waals surface area (Å²) in [7, 11) is 10.3. The van der Waals surface area contributed by atoms with Gasteiger partial charge in [0.25, 0.3) is 29.5 Å². The third-order valence-electron chi connectivity index (χ3n) is 17.3. The maximum atomic E-state index is 12.6. The van der Waals surface area contributed by atoms with Gasteiger partial charge >= 0.3 is 27.7 Å². The van der Waals surface area contributed by atoms with Crippen LogP contribution in [-0.4, -0.2) is 257 Å². The number of pyridine rings is 2. The van der Waals surface area contributed by atoms with Gasteiger partial charge in [0.15, 0.2) is 0 Å². The van der Waals surface area contributed by atoms with Crippen LogP contribution in [0.15, 0.2) is 122 Å². The summed E-state index contributed by atoms with van der Waals surface area (Å²) in [5, 5.41) is 29.8. The Morgan fingerprint density at radius 3 is 1.31 bits per heavy atom. The van der Waals surface area contributed by atoms with Crippen LogP contribution < -0.4 is 31.9 Å². The van der Waals surface area contributed by atoms with E-state index in [0.29, 0.717) is 60.9 Å². The van der Waals surface area contributed by atoms with Crippen molar-refractivity contribution in [3.05, 3.63) is 162 Å². The van der Waals surface area contributed by atoms with Crippen molar-refractivity contribution in [3.63, 3.8) is 0 Å². The van der Waals surface area contributed by atoms with Crippen LogP contribution in [0.5, 0.6) is 0 Å². The van der Waals surface area contributed by atoms with Crippen molar-refractivity contribution in [2.75, 3.05) is 155 Å². The van der Waals surface area contributed by atoms with Gasteiger partial charge in [0.1, 0.15) is 65.9 Å². The Labute approximate surface area is 652 Å². The van der Waals surface area contributed by atoms with E-state index in [1.165, 1.54) is 10.6 Å². The van der Waals surface area contributed by atoms with E-state index in [9.17, 15) is 55.2 Å². The minimum atomic E-state index is -5.34. The zero-order valence-corrected chi connectivity index (χ0v) is 67.6. The number of anilines is 3. The van der Waals surface area contributed by atoms with Gasteiger partial charge in [0.05, 0.1) is 104 Å². The van der Waals surface area contributed by atoms with Crippen molar-refractivity contribution in [3.8, 4) is 0 Å². The number of aromatic carboxylic acids is 1. The molecule has 3 fully saturated rings. The number of ether oxygens (including phenoxy) is 4. The summed E-state index contributed by atoms with van der Waals surface area (Å²) in [6, 6.07) is 25.5. The van der Waals surface area contributed by atoms with Crippen LogP contribution in [0.2, 0.25) is 0 Å². The van der Waals surface area contributed by atoms with Gasteiger partial charge in [-0.3, -0.25) is 48.3 Å². The molecule has 30 nitrogen and oxygen atoms in total. The summed E-state index contributed by atoms with van der Waals surface area (Å²) in [6.45, 7) is 22.3. The van der Waals surface area contributed by atoms with Crippen LogP contribution in [0, 0.1) is 38.0 Å². The maximum absolute atomic E-state index is 12.6. The number of morpholine rings is 3. The number of hydrogen-bond donors (Lipinski definition) is 7. The molecule has 36 heteroatoms. The molecule has 0 aliphatic carbocycles. The van der Waals surface area contributed by atoms with Gasteiger partial charge in [-0.15, -0.1) is 0 Å². The fraction of sp³-hybridized carbons (Fsp3) is 0.431. The smallest absolute Gasteiger partial charge is 0.477 e. The number of rotatable bonds is 19. The van der Waals surface area contributed by atoms with E-state index in [2.05, 4.69) is 73.4 Å². The fourth-order valence-corrected chi connectivity index (χ4v) is 11.3. The predicted molar refractivity (Wildman–Crippen MR) is 399 cm³/mol. The second kappa shape index (κ2) is 41.0. The third-order valence-corrected chi connectivity index (χ3v) is 18.3. The second-order valence-corrected chi connectivity index (χ2v) is 28.7. The molecule has 2 radical (unpaired) electrons. The van der Waals surface area contributed by atoms with E-state index in [4.69, 9.17) is 25.4 Å². The number of benzene rings is 2. The third kappa shape index (κ3) is 27.6. The molecular formula is C72H97BF3N15O15SU+2. The topological polar surface area (TPSA) is 341 Å². The maximum Gasteiger partial charge on any atom is 0.523 e. The summed E-state index contributed by atoms with van der Waals surface area (Å²) in [5.74, 6) is -2.07. The molecule has 0 spiro atoms. The summed E-state index contributed by atoms with van der Waals surface area (Å²) in [4.78, 5) is 95.3. The Hall–Kier alpha value is -8.95. The molecule has 0 unspecified atom stereocenters. The molecule has 9 heterocycles. The van der Waals surface area contributed by atoms with Crippen molar-refractivity contribution >= 4 is 98.7 Å². The van der Waals surface area contributed by atoms with Crippen LogP contribution in [-0.2, 0) is 61.4 Å². The standard InChI is InChI=1S/C23H27N5O3.C17H28N4O4.C16H13N3O3.C14H23N3O2.C2H3F3O3S.BH.U/c1-27-16-19(26-22(29)20-13-17-5-3-4-6-18(17)15-25-20)14-21(27)23(30)24-7-8-28(2)9-11-31-12-10-28;1-17(2,3)25-16(23)19-13-11-14(20(4)12-13)15(22)18-5-6-21-7-9-24-10-8-21;1-19-9-12(7-14(19)16(21)22)18-15(20)13-6-10-4-2-3-5-11(10)8-17-13;1-12-10-13(16(2)11-12)14(18)15-4-5-17(3)6-8-19-9-7-17;1-8-9(6,7)2(3,4)5;;/h3-6,13-16H,7-12H2,1-2H3,(H-,24,26,29,30);11-12H,5-10H2,1-4H3,(H,18,22)(H,19,23);2-9H,1H3,(H,18,20)(H,21,22);10-11H,4-9H2,1-3H3;1H3;1H;/p+2/i;;;;;1T;. The number of aromatic nitrogens is 6. The molecule has 6 amide bonds. The van der Waals surface area contributed by atoms with Crippen molar-refractivity contribution in [2.24, 2.45) is 28.2 Å². The summed E-state index contributed by atoms with van der Waals surface area (Å²) < 4.78 is 91.0. The zero-order chi connectivity index (χ0) is 79.6. The number of carboxylic acid groups (broad SMARTS) is 1. The van der Waals surface area contributed by atoms with Gasteiger partial charge in [-0.2, -0.15) is 21.6 Å². The quantitative estimate of drug-likeness (QED) is 0.0200. The zero-order valence-electron chi connectivity index (χ0n) is 63.6. The van der Waals surface area contributed by atoms with Gasteiger partial charge in [0.2, 0.25) is 0 Å². The van der Waals surface area contributed by atoms with Gasteiger partial charge < -0.3 is 77.9 Å². The van der Waals surface area contributed by atoms with Gasteiger partial charge in [-0.1, -0.05) is 48.5 Å². The van der Waals surface area contributed by atoms with E-state index in [1.54, 1.807) is 106 Å². The Balaban J connectivity index is 0.000000251. The molecule has 108 heavy (non-hydrogen) atoms. The number of quaternary nitrogens is 2. The molecule has 11 rings (SSSR count). The van der Waals surface area contributed by atoms with Crippen molar-refractivity contribution in [1.82, 2.24) is 49.1 Å². The molecule has 0 saturated carbocycles. The number of alkyl halides is 3. The first kappa shape index (κ1) is 88.0. The molecule has 3 aliphatic rings. The molecule has 582 valence electrons. The van der Waals surface area contributed by atoms with Crippen LogP contribution in [0.25, 0.3) is 21.5 Å². The fourth-order valence-electron chi connectivity index (χ4n) is 11.2. The number of carboxylic acids is 1. The molecule has 0 atom stereocenters. The summed E-state index contributed by atoms with van der Waals surface area (Å²) in [6.07, 6.45) is 9.69. The first-order valence-corrected chi connectivity index (χ1v) is 35.5. The number of aryl methyl sites for hydroxylation is 5. The Morgan fingerprint density at radius 2 is 0.935 bits per heavy atom. The number of carbonyl (C=O) groups is 7. The Morgan fingerprint density at radius 1 is 0.565 bits per heavy atom. The number of fused-ring (bicyclic) bond motifs is 2. The normalized spacial score (nSPS) is 14.7. The van der Waals surface area contributed by atoms with Gasteiger partial charge in [0, 0.05) is 142 Å². The average Bonchev–Trinajstić information content (AvgIpc) is 1.82. The Kier molecular flexibility index (Phi) is 33.4. The van der Waals surface area contributed by atoms with Crippen molar-refractivity contribution in [1.29, 1.82) is 1.34 Å². The number of halogens is 3. The Bertz CT molecular complexity index is 4480. The monoisotopic (exact) mass is 1750 g/mol. The van der Waals surface area contributed by atoms with E-state index in [-0.39, 0.29) is 72.0 Å². The van der Waals surface area contributed by atoms with Crippen LogP contribution in [0.3, 0.4) is 0 Å². The van der Waals surface area contributed by atoms with Crippen molar-refractivity contribution < 1.29 is 123 Å². The largest absolute Gasteiger partial charge is 0.523 e. The SMILES string of the molecule is COS(=O)(=O)C(F)(F)F.Cc1cc(C(=O)NCC[N+]2(C)CCOCC2)n(C)c1.Cn1cc(NC(=O)OC(C)(C)C)cc1C(=O)NCCN1CCOCC1.Cn1cc(NC(=O)c2cc3ccccc3cn2)cc1C(=O)NCC[N+]1(C)CCOCC1.Cn1cc(NC(=O)c2cc3ccccc3cn2)cc1C(=O)O.[3H][B].[U]. The number of carbonyl (C=O) groups excluding carboxylic acids is 6. The number of likely N-dealkylation sites (N-methyl/N-ethyl adjacent to an activating group) is 2. The van der Waals surface area contributed by atoms with Crippen LogP contribution in [0.4, 0.5) is 35.0 Å².